The average Bonchev–Trinajstić information content (AvgIpc) is 2.59. The van der Waals surface area contributed by atoms with Crippen LogP contribution in [-0.4, -0.2) is 24.0 Å². The van der Waals surface area contributed by atoms with Gasteiger partial charge < -0.3 is 10.2 Å². The van der Waals surface area contributed by atoms with Crippen LogP contribution in [0.5, 0.6) is 0 Å². The molecule has 120 valence electrons. The Kier molecular flexibility index (Phi) is 4.50. The van der Waals surface area contributed by atoms with E-state index in [1.807, 2.05) is 6.07 Å². The number of aromatic nitrogens is 1. The van der Waals surface area contributed by atoms with Gasteiger partial charge in [0.05, 0.1) is 11.9 Å². The molecule has 4 nitrogen and oxygen atoms in total. The van der Waals surface area contributed by atoms with Crippen LogP contribution >= 0.6 is 0 Å². The molecule has 0 unspecified atom stereocenters. The van der Waals surface area contributed by atoms with Crippen molar-refractivity contribution in [2.75, 3.05) is 23.3 Å². The second kappa shape index (κ2) is 6.73. The summed E-state index contributed by atoms with van der Waals surface area (Å²) < 4.78 is 26.0. The fraction of sp³-hybridized carbons (Fsp3) is 0.294. The van der Waals surface area contributed by atoms with Crippen LogP contribution < -0.4 is 10.2 Å². The summed E-state index contributed by atoms with van der Waals surface area (Å²) >= 11 is 0. The Morgan fingerprint density at radius 2 is 1.83 bits per heavy atom. The lowest BCUT2D eigenvalue weighted by molar-refractivity contribution is 0.102. The van der Waals surface area contributed by atoms with Crippen LogP contribution in [0.1, 0.15) is 29.8 Å². The van der Waals surface area contributed by atoms with Crippen molar-refractivity contribution in [2.24, 2.45) is 0 Å². The lowest BCUT2D eigenvalue weighted by Crippen LogP contribution is -2.29. The Balaban J connectivity index is 1.68. The van der Waals surface area contributed by atoms with Gasteiger partial charge in [0.25, 0.3) is 5.91 Å². The summed E-state index contributed by atoms with van der Waals surface area (Å²) in [4.78, 5) is 18.5. The molecule has 1 saturated heterocycles. The van der Waals surface area contributed by atoms with E-state index < -0.39 is 17.5 Å². The molecule has 0 saturated carbocycles. The molecule has 0 aliphatic carbocycles. The third kappa shape index (κ3) is 3.64. The predicted octanol–water partition coefficient (Wildman–Crippen LogP) is 3.60. The molecule has 6 heteroatoms. The first-order valence-corrected chi connectivity index (χ1v) is 7.61. The maximum atomic E-state index is 13.1. The molecule has 1 N–H and O–H groups in total. The fourth-order valence-corrected chi connectivity index (χ4v) is 2.63. The van der Waals surface area contributed by atoms with Gasteiger partial charge in [0.1, 0.15) is 5.69 Å². The van der Waals surface area contributed by atoms with E-state index in [0.29, 0.717) is 0 Å². The standard InChI is InChI=1S/C17H17F2N3O/c18-14-6-4-12(10-15(14)19)21-17(23)16-7-5-13(11-20-16)22-8-2-1-3-9-22/h4-7,10-11H,1-3,8-9H2,(H,21,23). The highest BCUT2D eigenvalue weighted by Crippen LogP contribution is 2.19. The number of hydrogen-bond donors (Lipinski definition) is 1. The van der Waals surface area contributed by atoms with Crippen LogP contribution in [0.15, 0.2) is 36.5 Å². The van der Waals surface area contributed by atoms with E-state index in [0.717, 1.165) is 30.9 Å². The number of halogens is 2. The Morgan fingerprint density at radius 1 is 1.04 bits per heavy atom. The molecule has 1 fully saturated rings. The summed E-state index contributed by atoms with van der Waals surface area (Å²) in [6.07, 6.45) is 5.25. The number of nitrogens with zero attached hydrogens (tertiary/aromatic N) is 2. The normalized spacial score (nSPS) is 14.6. The van der Waals surface area contributed by atoms with E-state index in [1.165, 1.54) is 25.3 Å². The van der Waals surface area contributed by atoms with Crippen LogP contribution in [0.2, 0.25) is 0 Å². The molecule has 0 spiro atoms. The SMILES string of the molecule is O=C(Nc1ccc(F)c(F)c1)c1ccc(N2CCCCC2)cn1. The topological polar surface area (TPSA) is 45.2 Å². The summed E-state index contributed by atoms with van der Waals surface area (Å²) in [5.41, 5.74) is 1.42. The predicted molar refractivity (Wildman–Crippen MR) is 84.6 cm³/mol. The van der Waals surface area contributed by atoms with Gasteiger partial charge in [-0.2, -0.15) is 0 Å². The number of amides is 1. The molecule has 1 amide bonds. The quantitative estimate of drug-likeness (QED) is 0.941. The van der Waals surface area contributed by atoms with Crippen molar-refractivity contribution in [2.45, 2.75) is 19.3 Å². The maximum Gasteiger partial charge on any atom is 0.274 e. The Labute approximate surface area is 133 Å². The number of carbonyl (C=O) groups is 1. The molecule has 3 rings (SSSR count). The van der Waals surface area contributed by atoms with Crippen molar-refractivity contribution in [1.29, 1.82) is 0 Å². The van der Waals surface area contributed by atoms with Crippen molar-refractivity contribution in [1.82, 2.24) is 4.98 Å². The van der Waals surface area contributed by atoms with Gasteiger partial charge >= 0.3 is 0 Å². The molecule has 2 aromatic rings. The Hall–Kier alpha value is -2.50. The molecule has 0 atom stereocenters. The first kappa shape index (κ1) is 15.4. The first-order chi connectivity index (χ1) is 11.1. The fourth-order valence-electron chi connectivity index (χ4n) is 2.63. The Bertz CT molecular complexity index is 697. The zero-order chi connectivity index (χ0) is 16.2. The number of anilines is 2. The zero-order valence-electron chi connectivity index (χ0n) is 12.6. The largest absolute Gasteiger partial charge is 0.370 e. The van der Waals surface area contributed by atoms with Crippen LogP contribution in [0.3, 0.4) is 0 Å². The maximum absolute atomic E-state index is 13.1. The number of piperidine rings is 1. The van der Waals surface area contributed by atoms with E-state index in [4.69, 9.17) is 0 Å². The van der Waals surface area contributed by atoms with Crippen molar-refractivity contribution < 1.29 is 13.6 Å². The third-order valence-corrected chi connectivity index (χ3v) is 3.88. The lowest BCUT2D eigenvalue weighted by Gasteiger charge is -2.28. The van der Waals surface area contributed by atoms with Gasteiger partial charge in [0.2, 0.25) is 0 Å². The minimum atomic E-state index is -1.00. The number of rotatable bonds is 3. The van der Waals surface area contributed by atoms with Gasteiger partial charge in [0, 0.05) is 24.8 Å². The molecular weight excluding hydrogens is 300 g/mol. The van der Waals surface area contributed by atoms with Gasteiger partial charge in [-0.1, -0.05) is 0 Å². The highest BCUT2D eigenvalue weighted by molar-refractivity contribution is 6.02. The van der Waals surface area contributed by atoms with E-state index in [1.54, 1.807) is 12.3 Å². The lowest BCUT2D eigenvalue weighted by atomic mass is 10.1. The molecular formula is C17H17F2N3O. The van der Waals surface area contributed by atoms with Crippen molar-refractivity contribution in [3.05, 3.63) is 53.9 Å². The molecule has 1 aliphatic rings. The number of carbonyl (C=O) groups excluding carboxylic acids is 1. The molecule has 0 bridgehead atoms. The molecule has 1 aromatic heterocycles. The smallest absolute Gasteiger partial charge is 0.274 e. The zero-order valence-corrected chi connectivity index (χ0v) is 12.6. The summed E-state index contributed by atoms with van der Waals surface area (Å²) in [6.45, 7) is 2.00. The van der Waals surface area contributed by atoms with E-state index in [-0.39, 0.29) is 11.4 Å². The average molecular weight is 317 g/mol. The minimum absolute atomic E-state index is 0.191. The number of benzene rings is 1. The highest BCUT2D eigenvalue weighted by atomic mass is 19.2. The summed E-state index contributed by atoms with van der Waals surface area (Å²) in [7, 11) is 0. The first-order valence-electron chi connectivity index (χ1n) is 7.61. The minimum Gasteiger partial charge on any atom is -0.370 e. The van der Waals surface area contributed by atoms with Gasteiger partial charge in [0.15, 0.2) is 11.6 Å². The van der Waals surface area contributed by atoms with Crippen LogP contribution in [0.25, 0.3) is 0 Å². The highest BCUT2D eigenvalue weighted by Gasteiger charge is 2.13. The van der Waals surface area contributed by atoms with Crippen molar-refractivity contribution in [3.8, 4) is 0 Å². The van der Waals surface area contributed by atoms with Crippen LogP contribution in [0, 0.1) is 11.6 Å². The summed E-state index contributed by atoms with van der Waals surface area (Å²) in [5.74, 6) is -2.41. The van der Waals surface area contributed by atoms with Gasteiger partial charge in [-0.25, -0.2) is 13.8 Å². The van der Waals surface area contributed by atoms with E-state index >= 15 is 0 Å². The summed E-state index contributed by atoms with van der Waals surface area (Å²) in [6, 6.07) is 6.71. The number of hydrogen-bond acceptors (Lipinski definition) is 3. The van der Waals surface area contributed by atoms with E-state index in [2.05, 4.69) is 15.2 Å². The molecule has 1 aliphatic heterocycles. The number of nitrogens with one attached hydrogen (secondary N) is 1. The second-order valence-electron chi connectivity index (χ2n) is 5.53. The molecule has 23 heavy (non-hydrogen) atoms. The number of pyridine rings is 1. The van der Waals surface area contributed by atoms with Gasteiger partial charge in [-0.05, 0) is 43.5 Å². The second-order valence-corrected chi connectivity index (χ2v) is 5.53. The van der Waals surface area contributed by atoms with E-state index in [9.17, 15) is 13.6 Å². The van der Waals surface area contributed by atoms with Gasteiger partial charge in [-0.3, -0.25) is 4.79 Å². The molecule has 2 heterocycles. The molecule has 0 radical (unpaired) electrons. The van der Waals surface area contributed by atoms with Crippen molar-refractivity contribution in [3.63, 3.8) is 0 Å². The Morgan fingerprint density at radius 3 is 2.48 bits per heavy atom. The summed E-state index contributed by atoms with van der Waals surface area (Å²) in [5, 5.41) is 2.50. The van der Waals surface area contributed by atoms with Crippen LogP contribution in [0.4, 0.5) is 20.2 Å². The van der Waals surface area contributed by atoms with Gasteiger partial charge in [-0.15, -0.1) is 0 Å². The monoisotopic (exact) mass is 317 g/mol. The van der Waals surface area contributed by atoms with Crippen LogP contribution in [-0.2, 0) is 0 Å². The van der Waals surface area contributed by atoms with Crippen molar-refractivity contribution >= 4 is 17.3 Å². The molecule has 1 aromatic carbocycles. The third-order valence-electron chi connectivity index (χ3n) is 3.88.